The molecule has 0 amide bonds. The molecule has 0 unspecified atom stereocenters. The predicted molar refractivity (Wildman–Crippen MR) is 83.8 cm³/mol. The van der Waals surface area contributed by atoms with E-state index in [0.29, 0.717) is 21.6 Å². The van der Waals surface area contributed by atoms with E-state index in [1.54, 1.807) is 12.1 Å². The average Bonchev–Trinajstić information content (AvgIpc) is 2.76. The zero-order valence-electron chi connectivity index (χ0n) is 12.3. The van der Waals surface area contributed by atoms with E-state index in [2.05, 4.69) is 4.99 Å². The number of hydrogen-bond acceptors (Lipinski definition) is 4. The predicted octanol–water partition coefficient (Wildman–Crippen LogP) is 3.80. The number of rotatable bonds is 4. The van der Waals surface area contributed by atoms with Crippen molar-refractivity contribution < 1.29 is 27.4 Å². The molecule has 2 rings (SSSR count). The van der Waals surface area contributed by atoms with Crippen molar-refractivity contribution in [2.75, 3.05) is 20.3 Å². The zero-order chi connectivity index (χ0) is 16.5. The first-order valence-corrected chi connectivity index (χ1v) is 7.50. The fraction of sp³-hybridized carbons (Fsp3) is 0.500. The molecule has 0 atom stereocenters. The lowest BCUT2D eigenvalue weighted by atomic mass is 10.1. The molecule has 1 aromatic carbocycles. The van der Waals surface area contributed by atoms with E-state index >= 15 is 0 Å². The van der Waals surface area contributed by atoms with E-state index in [-0.39, 0.29) is 17.0 Å². The van der Waals surface area contributed by atoms with Gasteiger partial charge in [-0.3, -0.25) is 0 Å². The smallest absolute Gasteiger partial charge is 0.422 e. The highest BCUT2D eigenvalue weighted by Gasteiger charge is 2.32. The molecule has 0 fully saturated rings. The summed E-state index contributed by atoms with van der Waals surface area (Å²) >= 11 is 1.91. The van der Waals surface area contributed by atoms with E-state index in [9.17, 15) is 13.2 Å². The Morgan fingerprint density at radius 3 is 2.55 bits per heavy atom. The van der Waals surface area contributed by atoms with Gasteiger partial charge in [0.1, 0.15) is 6.61 Å². The highest BCUT2D eigenvalue weighted by molar-refractivity contribution is 14.1. The molecular weight excluding hydrogens is 414 g/mol. The van der Waals surface area contributed by atoms with Crippen molar-refractivity contribution in [3.63, 3.8) is 0 Å². The summed E-state index contributed by atoms with van der Waals surface area (Å²) in [5, 5.41) is 0. The van der Waals surface area contributed by atoms with Crippen LogP contribution in [0.2, 0.25) is 0 Å². The van der Waals surface area contributed by atoms with Gasteiger partial charge in [-0.2, -0.15) is 13.2 Å². The van der Waals surface area contributed by atoms with Crippen molar-refractivity contribution in [2.45, 2.75) is 25.6 Å². The number of hydrogen-bond donors (Lipinski definition) is 0. The molecule has 22 heavy (non-hydrogen) atoms. The highest BCUT2D eigenvalue weighted by Crippen LogP contribution is 2.37. The van der Waals surface area contributed by atoms with Crippen molar-refractivity contribution in [3.05, 3.63) is 21.3 Å². The van der Waals surface area contributed by atoms with Crippen molar-refractivity contribution in [1.29, 1.82) is 0 Å². The molecule has 1 heterocycles. The van der Waals surface area contributed by atoms with Gasteiger partial charge >= 0.3 is 6.18 Å². The van der Waals surface area contributed by atoms with E-state index < -0.39 is 12.8 Å². The summed E-state index contributed by atoms with van der Waals surface area (Å²) in [7, 11) is 1.37. The van der Waals surface area contributed by atoms with Gasteiger partial charge < -0.3 is 14.2 Å². The molecule has 0 spiro atoms. The van der Waals surface area contributed by atoms with Crippen LogP contribution in [0.15, 0.2) is 17.1 Å². The van der Waals surface area contributed by atoms with E-state index in [4.69, 9.17) is 14.2 Å². The van der Waals surface area contributed by atoms with Gasteiger partial charge in [-0.15, -0.1) is 0 Å². The maximum Gasteiger partial charge on any atom is 0.422 e. The minimum Gasteiger partial charge on any atom is -0.493 e. The minimum absolute atomic E-state index is 0.0360. The molecule has 8 heteroatoms. The first kappa shape index (κ1) is 17.2. The Morgan fingerprint density at radius 1 is 1.36 bits per heavy atom. The Hall–Kier alpha value is -1.19. The Balaban J connectivity index is 2.38. The maximum absolute atomic E-state index is 12.4. The molecule has 0 aliphatic carbocycles. The van der Waals surface area contributed by atoms with Crippen LogP contribution in [0.3, 0.4) is 0 Å². The summed E-state index contributed by atoms with van der Waals surface area (Å²) in [4.78, 5) is 4.43. The van der Waals surface area contributed by atoms with Crippen LogP contribution in [0.25, 0.3) is 0 Å². The van der Waals surface area contributed by atoms with Crippen LogP contribution < -0.4 is 9.47 Å². The first-order valence-electron chi connectivity index (χ1n) is 6.42. The minimum atomic E-state index is -4.42. The number of alkyl halides is 3. The largest absolute Gasteiger partial charge is 0.493 e. The number of methoxy groups -OCH3 is 1. The van der Waals surface area contributed by atoms with Gasteiger partial charge in [0.2, 0.25) is 5.90 Å². The van der Waals surface area contributed by atoms with Gasteiger partial charge in [0, 0.05) is 0 Å². The first-order chi connectivity index (χ1) is 10.1. The summed E-state index contributed by atoms with van der Waals surface area (Å²) in [6.45, 7) is 2.86. The van der Waals surface area contributed by atoms with Gasteiger partial charge in [-0.1, -0.05) is 0 Å². The number of benzene rings is 1. The Bertz CT molecular complexity index is 600. The number of ether oxygens (including phenoxy) is 3. The molecule has 0 saturated heterocycles. The summed E-state index contributed by atoms with van der Waals surface area (Å²) in [6.07, 6.45) is -4.42. The van der Waals surface area contributed by atoms with E-state index in [1.807, 2.05) is 36.4 Å². The average molecular weight is 429 g/mol. The van der Waals surface area contributed by atoms with Gasteiger partial charge in [0.05, 0.1) is 21.8 Å². The molecule has 1 aliphatic heterocycles. The fourth-order valence-corrected chi connectivity index (χ4v) is 2.71. The highest BCUT2D eigenvalue weighted by atomic mass is 127. The van der Waals surface area contributed by atoms with Gasteiger partial charge in [-0.25, -0.2) is 4.99 Å². The summed E-state index contributed by atoms with van der Waals surface area (Å²) in [5.74, 6) is 0.665. The lowest BCUT2D eigenvalue weighted by Crippen LogP contribution is -2.20. The second-order valence-corrected chi connectivity index (χ2v) is 6.46. The summed E-state index contributed by atoms with van der Waals surface area (Å²) < 4.78 is 53.2. The number of nitrogens with zero attached hydrogens (tertiary/aromatic N) is 1. The molecule has 0 N–H and O–H groups in total. The van der Waals surface area contributed by atoms with Crippen LogP contribution in [0.5, 0.6) is 11.5 Å². The molecule has 0 bridgehead atoms. The topological polar surface area (TPSA) is 40.0 Å². The third-order valence-corrected chi connectivity index (χ3v) is 3.93. The molecule has 0 radical (unpaired) electrons. The molecule has 1 aliphatic rings. The fourth-order valence-electron chi connectivity index (χ4n) is 1.88. The van der Waals surface area contributed by atoms with Crippen LogP contribution in [-0.4, -0.2) is 37.9 Å². The molecular formula is C14H15F3INO3. The van der Waals surface area contributed by atoms with Gasteiger partial charge in [0.25, 0.3) is 0 Å². The van der Waals surface area contributed by atoms with Crippen molar-refractivity contribution in [3.8, 4) is 11.5 Å². The SMILES string of the molecule is COc1ccc(C2=NC(C)(C)CO2)c(I)c1OCC(F)(F)F. The third kappa shape index (κ3) is 3.96. The standard InChI is InChI=1S/C14H15F3INO3/c1-13(2)6-22-12(19-13)8-4-5-9(20-3)11(10(8)18)21-7-14(15,16)17/h4-5H,6-7H2,1-3H3. The van der Waals surface area contributed by atoms with Crippen molar-refractivity contribution in [2.24, 2.45) is 4.99 Å². The Labute approximate surface area is 139 Å². The van der Waals surface area contributed by atoms with E-state index in [0.717, 1.165) is 0 Å². The van der Waals surface area contributed by atoms with Crippen molar-refractivity contribution >= 4 is 28.5 Å². The van der Waals surface area contributed by atoms with Crippen molar-refractivity contribution in [1.82, 2.24) is 0 Å². The monoisotopic (exact) mass is 429 g/mol. The van der Waals surface area contributed by atoms with Gasteiger partial charge in [-0.05, 0) is 48.6 Å². The second-order valence-electron chi connectivity index (χ2n) is 5.38. The van der Waals surface area contributed by atoms with E-state index in [1.165, 1.54) is 7.11 Å². The lowest BCUT2D eigenvalue weighted by molar-refractivity contribution is -0.153. The normalized spacial score (nSPS) is 17.0. The number of aliphatic imine (C=N–C) groups is 1. The summed E-state index contributed by atoms with van der Waals surface area (Å²) in [6, 6.07) is 3.24. The summed E-state index contributed by atoms with van der Waals surface area (Å²) in [5.41, 5.74) is 0.231. The molecule has 1 aromatic rings. The molecule has 122 valence electrons. The quantitative estimate of drug-likeness (QED) is 0.684. The van der Waals surface area contributed by atoms with Crippen LogP contribution in [0.1, 0.15) is 19.4 Å². The van der Waals surface area contributed by atoms with Crippen LogP contribution in [-0.2, 0) is 4.74 Å². The Kier molecular flexibility index (Phi) is 4.78. The third-order valence-electron chi connectivity index (χ3n) is 2.86. The van der Waals surface area contributed by atoms with Gasteiger partial charge in [0.15, 0.2) is 18.1 Å². The lowest BCUT2D eigenvalue weighted by Gasteiger charge is -2.16. The molecule has 0 aromatic heterocycles. The zero-order valence-corrected chi connectivity index (χ0v) is 14.4. The van der Waals surface area contributed by atoms with Crippen LogP contribution >= 0.6 is 22.6 Å². The second kappa shape index (κ2) is 6.13. The number of halogens is 4. The molecule has 4 nitrogen and oxygen atoms in total. The van der Waals surface area contributed by atoms with Crippen LogP contribution in [0.4, 0.5) is 13.2 Å². The molecule has 0 saturated carbocycles. The maximum atomic E-state index is 12.4. The Morgan fingerprint density at radius 2 is 2.05 bits per heavy atom. The van der Waals surface area contributed by atoms with Crippen LogP contribution in [0, 0.1) is 3.57 Å².